The first-order chi connectivity index (χ1) is 15.0. The van der Waals surface area contributed by atoms with Crippen molar-refractivity contribution in [3.63, 3.8) is 0 Å². The van der Waals surface area contributed by atoms with E-state index in [1.54, 1.807) is 0 Å². The third-order valence-corrected chi connectivity index (χ3v) is 6.00. The Bertz CT molecular complexity index is 1350. The van der Waals surface area contributed by atoms with E-state index in [0.29, 0.717) is 29.3 Å². The summed E-state index contributed by atoms with van der Waals surface area (Å²) in [6, 6.07) is 14.2. The molecule has 4 aromatic rings. The molecule has 0 aliphatic heterocycles. The van der Waals surface area contributed by atoms with Crippen LogP contribution in [0.5, 0.6) is 5.88 Å². The summed E-state index contributed by atoms with van der Waals surface area (Å²) in [5.74, 6) is 1.19. The highest BCUT2D eigenvalue weighted by molar-refractivity contribution is 7.84. The largest absolute Gasteiger partial charge is 0.473 e. The smallest absolute Gasteiger partial charge is 0.333 e. The monoisotopic (exact) mass is 455 g/mol. The summed E-state index contributed by atoms with van der Waals surface area (Å²) in [6.07, 6.45) is 3.55. The van der Waals surface area contributed by atoms with Crippen LogP contribution in [-0.2, 0) is 14.5 Å². The molecule has 1 saturated carbocycles. The Labute approximate surface area is 186 Å². The van der Waals surface area contributed by atoms with Crippen LogP contribution >= 0.6 is 0 Å². The highest BCUT2D eigenvalue weighted by Gasteiger charge is 2.28. The normalized spacial score (nSPS) is 18.7. The third-order valence-electron chi connectivity index (χ3n) is 5.54. The molecular weight excluding hydrogens is 430 g/mol. The number of hydrogen-bond acceptors (Lipinski definition) is 7. The number of aromatic nitrogens is 4. The molecule has 9 nitrogen and oxygen atoms in total. The van der Waals surface area contributed by atoms with Crippen molar-refractivity contribution in [2.75, 3.05) is 6.61 Å². The maximum absolute atomic E-state index is 11.0. The highest BCUT2D eigenvalue weighted by Crippen LogP contribution is 2.33. The van der Waals surface area contributed by atoms with Crippen LogP contribution in [0.1, 0.15) is 26.7 Å². The molecule has 32 heavy (non-hydrogen) atoms. The van der Waals surface area contributed by atoms with E-state index in [1.807, 2.05) is 24.3 Å². The molecule has 168 valence electrons. The molecule has 2 heterocycles. The molecule has 0 radical (unpaired) electrons. The molecule has 5 rings (SSSR count). The number of nitrogens with two attached hydrogens (primary N) is 1. The number of nitrogens with one attached hydrogen (secondary N) is 1. The van der Waals surface area contributed by atoms with Gasteiger partial charge in [0.05, 0.1) is 6.61 Å². The van der Waals surface area contributed by atoms with Crippen molar-refractivity contribution in [2.45, 2.75) is 32.8 Å². The van der Waals surface area contributed by atoms with Crippen molar-refractivity contribution in [3.8, 4) is 17.3 Å². The van der Waals surface area contributed by atoms with Gasteiger partial charge in [-0.15, -0.1) is 0 Å². The highest BCUT2D eigenvalue weighted by atomic mass is 32.2. The van der Waals surface area contributed by atoms with E-state index < -0.39 is 10.3 Å². The zero-order chi connectivity index (χ0) is 21.4. The second-order valence-corrected chi connectivity index (χ2v) is 8.91. The van der Waals surface area contributed by atoms with Crippen LogP contribution in [0.3, 0.4) is 0 Å². The molecule has 0 unspecified atom stereocenters. The molecule has 2 aromatic heterocycles. The number of aromatic amines is 1. The Morgan fingerprint density at radius 3 is 2.75 bits per heavy atom. The standard InChI is InChI=1S/C21H21N5O4S.CH4/c22-31(27,28)29-11-13-8-9-15(10-13)30-21-18-20(23-12-24-21)26-19(25-18)17-7-3-5-14-4-1-2-6-16(14)17;/h1-7,12-13,15H,8-11H2,(H2,22,27,28)(H,23,24,25,26);1H4/t13-,15-;/m0./s1. The van der Waals surface area contributed by atoms with E-state index in [2.05, 4.69) is 38.1 Å². The van der Waals surface area contributed by atoms with Crippen molar-refractivity contribution >= 4 is 32.2 Å². The van der Waals surface area contributed by atoms with Crippen LogP contribution in [0.25, 0.3) is 33.3 Å². The lowest BCUT2D eigenvalue weighted by Gasteiger charge is -2.13. The Balaban J connectivity index is 0.00000245. The zero-order valence-electron chi connectivity index (χ0n) is 16.6. The molecule has 0 spiro atoms. The van der Waals surface area contributed by atoms with E-state index in [9.17, 15) is 8.42 Å². The number of nitrogens with zero attached hydrogens (tertiary/aromatic N) is 3. The lowest BCUT2D eigenvalue weighted by atomic mass is 10.0. The number of fused-ring (bicyclic) bond motifs is 2. The molecular formula is C22H25N5O4S. The van der Waals surface area contributed by atoms with Gasteiger partial charge in [0.15, 0.2) is 5.65 Å². The van der Waals surface area contributed by atoms with E-state index >= 15 is 0 Å². The van der Waals surface area contributed by atoms with Gasteiger partial charge in [-0.05, 0) is 36.0 Å². The van der Waals surface area contributed by atoms with Crippen LogP contribution < -0.4 is 9.88 Å². The summed E-state index contributed by atoms with van der Waals surface area (Å²) in [5.41, 5.74) is 2.14. The van der Waals surface area contributed by atoms with Crippen LogP contribution in [0.15, 0.2) is 48.8 Å². The first-order valence-electron chi connectivity index (χ1n) is 9.99. The van der Waals surface area contributed by atoms with Crippen molar-refractivity contribution in [2.24, 2.45) is 11.1 Å². The molecule has 3 N–H and O–H groups in total. The number of H-pyrrole nitrogens is 1. The van der Waals surface area contributed by atoms with Crippen molar-refractivity contribution in [1.29, 1.82) is 0 Å². The van der Waals surface area contributed by atoms with E-state index in [1.165, 1.54) is 6.33 Å². The maximum Gasteiger partial charge on any atom is 0.333 e. The van der Waals surface area contributed by atoms with E-state index in [0.717, 1.165) is 29.2 Å². The third kappa shape index (κ3) is 4.57. The summed E-state index contributed by atoms with van der Waals surface area (Å²) < 4.78 is 32.9. The number of rotatable bonds is 6. The molecule has 10 heteroatoms. The molecule has 0 saturated heterocycles. The average molecular weight is 456 g/mol. The molecule has 2 aromatic carbocycles. The van der Waals surface area contributed by atoms with Gasteiger partial charge < -0.3 is 9.72 Å². The van der Waals surface area contributed by atoms with Gasteiger partial charge in [0.1, 0.15) is 23.8 Å². The zero-order valence-corrected chi connectivity index (χ0v) is 17.4. The summed E-state index contributed by atoms with van der Waals surface area (Å²) >= 11 is 0. The van der Waals surface area contributed by atoms with Gasteiger partial charge in [0.25, 0.3) is 0 Å². The van der Waals surface area contributed by atoms with Gasteiger partial charge in [-0.3, -0.25) is 4.18 Å². The second-order valence-electron chi connectivity index (χ2n) is 7.69. The minimum atomic E-state index is -3.93. The lowest BCUT2D eigenvalue weighted by Crippen LogP contribution is -2.20. The van der Waals surface area contributed by atoms with Crippen LogP contribution in [0, 0.1) is 5.92 Å². The van der Waals surface area contributed by atoms with E-state index in [4.69, 9.17) is 14.1 Å². The Hall–Kier alpha value is -3.08. The van der Waals surface area contributed by atoms with Gasteiger partial charge in [0.2, 0.25) is 5.88 Å². The van der Waals surface area contributed by atoms with Crippen LogP contribution in [0.2, 0.25) is 0 Å². The number of ether oxygens (including phenoxy) is 1. The molecule has 1 aliphatic rings. The summed E-state index contributed by atoms with van der Waals surface area (Å²) in [5, 5.41) is 7.13. The predicted octanol–water partition coefficient (Wildman–Crippen LogP) is 3.58. The quantitative estimate of drug-likeness (QED) is 0.454. The Kier molecular flexibility index (Phi) is 6.09. The topological polar surface area (TPSA) is 133 Å². The molecule has 0 amide bonds. The van der Waals surface area contributed by atoms with Gasteiger partial charge in [0, 0.05) is 5.56 Å². The van der Waals surface area contributed by atoms with Gasteiger partial charge in [-0.25, -0.2) is 15.1 Å². The first kappa shape index (κ1) is 22.1. The molecule has 1 aliphatic carbocycles. The average Bonchev–Trinajstić information content (AvgIpc) is 3.39. The summed E-state index contributed by atoms with van der Waals surface area (Å²) in [7, 11) is -3.93. The molecule has 0 bridgehead atoms. The van der Waals surface area contributed by atoms with Crippen molar-refractivity contribution in [3.05, 3.63) is 48.8 Å². The fraction of sp³-hybridized carbons (Fsp3) is 0.318. The fourth-order valence-corrected chi connectivity index (χ4v) is 4.47. The number of benzene rings is 2. The van der Waals surface area contributed by atoms with Gasteiger partial charge >= 0.3 is 10.3 Å². The number of imidazole rings is 1. The predicted molar refractivity (Wildman–Crippen MR) is 122 cm³/mol. The van der Waals surface area contributed by atoms with Gasteiger partial charge in [-0.2, -0.15) is 13.4 Å². The lowest BCUT2D eigenvalue weighted by molar-refractivity contribution is 0.186. The maximum atomic E-state index is 11.0. The fourth-order valence-electron chi connectivity index (χ4n) is 4.09. The van der Waals surface area contributed by atoms with E-state index in [-0.39, 0.29) is 26.1 Å². The van der Waals surface area contributed by atoms with Crippen molar-refractivity contribution < 1.29 is 17.3 Å². The molecule has 2 atom stereocenters. The SMILES string of the molecule is C.NS(=O)(=O)OC[C@H]1CC[C@H](Oc2ncnc3nc(-c4cccc5ccccc45)[nH]c23)C1. The Morgan fingerprint density at radius 2 is 1.91 bits per heavy atom. The second kappa shape index (κ2) is 8.81. The molecule has 1 fully saturated rings. The Morgan fingerprint density at radius 1 is 1.09 bits per heavy atom. The first-order valence-corrected chi connectivity index (χ1v) is 11.5. The summed E-state index contributed by atoms with van der Waals surface area (Å²) in [6.45, 7) is 0.0627. The minimum Gasteiger partial charge on any atom is -0.473 e. The number of hydrogen-bond donors (Lipinski definition) is 2. The summed E-state index contributed by atoms with van der Waals surface area (Å²) in [4.78, 5) is 16.6. The van der Waals surface area contributed by atoms with Crippen molar-refractivity contribution in [1.82, 2.24) is 19.9 Å². The van der Waals surface area contributed by atoms with Gasteiger partial charge in [-0.1, -0.05) is 49.9 Å². The minimum absolute atomic E-state index is 0. The van der Waals surface area contributed by atoms with Crippen LogP contribution in [0.4, 0.5) is 0 Å². The van der Waals surface area contributed by atoms with Crippen LogP contribution in [-0.4, -0.2) is 41.1 Å².